The number of carbonyl (C=O) groups is 2. The summed E-state index contributed by atoms with van der Waals surface area (Å²) in [6.07, 6.45) is 0.835. The number of methoxy groups -OCH3 is 1. The zero-order valence-corrected chi connectivity index (χ0v) is 12.0. The Balaban J connectivity index is 2.81. The molecule has 0 N–H and O–H groups in total. The Morgan fingerprint density at radius 3 is 2.30 bits per heavy atom. The molecule has 5 nitrogen and oxygen atoms in total. The minimum atomic E-state index is -0.353. The average Bonchev–Trinajstić information content (AvgIpc) is 2.47. The van der Waals surface area contributed by atoms with E-state index < -0.39 is 0 Å². The van der Waals surface area contributed by atoms with Gasteiger partial charge in [0.1, 0.15) is 0 Å². The lowest BCUT2D eigenvalue weighted by Gasteiger charge is -2.04. The SMILES string of the molecule is CCOC(=O)c1ccc(N=C(CC)CC(=O)OC)cc1. The van der Waals surface area contributed by atoms with Gasteiger partial charge in [0.25, 0.3) is 0 Å². The van der Waals surface area contributed by atoms with Gasteiger partial charge in [-0.05, 0) is 37.6 Å². The molecule has 0 saturated carbocycles. The highest BCUT2D eigenvalue weighted by atomic mass is 16.5. The van der Waals surface area contributed by atoms with Gasteiger partial charge in [-0.25, -0.2) is 4.79 Å². The number of benzene rings is 1. The average molecular weight is 277 g/mol. The van der Waals surface area contributed by atoms with E-state index in [2.05, 4.69) is 9.73 Å². The molecule has 0 atom stereocenters. The van der Waals surface area contributed by atoms with Crippen LogP contribution in [0.15, 0.2) is 29.3 Å². The van der Waals surface area contributed by atoms with E-state index in [-0.39, 0.29) is 18.4 Å². The fourth-order valence-corrected chi connectivity index (χ4v) is 1.55. The van der Waals surface area contributed by atoms with Gasteiger partial charge in [-0.3, -0.25) is 9.79 Å². The first-order valence-electron chi connectivity index (χ1n) is 6.51. The van der Waals surface area contributed by atoms with Crippen LogP contribution in [0.1, 0.15) is 37.0 Å². The van der Waals surface area contributed by atoms with Crippen LogP contribution in [0.2, 0.25) is 0 Å². The standard InChI is InChI=1S/C15H19NO4/c1-4-12(10-14(17)19-3)16-13-8-6-11(7-9-13)15(18)20-5-2/h6-9H,4-5,10H2,1-3H3. The summed E-state index contributed by atoms with van der Waals surface area (Å²) in [7, 11) is 1.35. The van der Waals surface area contributed by atoms with E-state index >= 15 is 0 Å². The first-order valence-corrected chi connectivity index (χ1v) is 6.51. The molecule has 0 radical (unpaired) electrons. The molecule has 0 aliphatic carbocycles. The molecule has 1 aromatic rings. The number of ether oxygens (including phenoxy) is 2. The van der Waals surface area contributed by atoms with Crippen molar-refractivity contribution in [3.63, 3.8) is 0 Å². The Morgan fingerprint density at radius 1 is 1.15 bits per heavy atom. The van der Waals surface area contributed by atoms with Crippen LogP contribution in [0.5, 0.6) is 0 Å². The fourth-order valence-electron chi connectivity index (χ4n) is 1.55. The molecule has 0 aliphatic rings. The number of rotatable bonds is 6. The van der Waals surface area contributed by atoms with Gasteiger partial charge >= 0.3 is 11.9 Å². The van der Waals surface area contributed by atoms with Crippen molar-refractivity contribution in [2.24, 2.45) is 4.99 Å². The molecule has 0 heterocycles. The molecule has 0 saturated heterocycles. The number of nitrogens with zero attached hydrogens (tertiary/aromatic N) is 1. The van der Waals surface area contributed by atoms with Crippen LogP contribution >= 0.6 is 0 Å². The van der Waals surface area contributed by atoms with Crippen molar-refractivity contribution in [3.05, 3.63) is 29.8 Å². The summed E-state index contributed by atoms with van der Waals surface area (Å²) in [6, 6.07) is 6.75. The summed E-state index contributed by atoms with van der Waals surface area (Å²) in [5.74, 6) is -0.665. The zero-order valence-electron chi connectivity index (χ0n) is 12.0. The van der Waals surface area contributed by atoms with E-state index in [4.69, 9.17) is 4.74 Å². The van der Waals surface area contributed by atoms with E-state index in [1.165, 1.54) is 7.11 Å². The molecule has 1 rings (SSSR count). The smallest absolute Gasteiger partial charge is 0.338 e. The first kappa shape index (κ1) is 15.9. The Labute approximate surface area is 118 Å². The normalized spacial score (nSPS) is 11.1. The van der Waals surface area contributed by atoms with Crippen molar-refractivity contribution in [2.75, 3.05) is 13.7 Å². The molecule has 0 aromatic heterocycles. The largest absolute Gasteiger partial charge is 0.469 e. The lowest BCUT2D eigenvalue weighted by atomic mass is 10.2. The Hall–Kier alpha value is -2.17. The highest BCUT2D eigenvalue weighted by molar-refractivity contribution is 6.00. The molecule has 0 fully saturated rings. The molecule has 0 bridgehead atoms. The predicted octanol–water partition coefficient (Wildman–Crippen LogP) is 2.91. The second-order valence-electron chi connectivity index (χ2n) is 4.05. The van der Waals surface area contributed by atoms with Crippen molar-refractivity contribution >= 4 is 23.3 Å². The summed E-state index contributed by atoms with van der Waals surface area (Å²) >= 11 is 0. The first-order chi connectivity index (χ1) is 9.60. The molecule has 5 heteroatoms. The summed E-state index contributed by atoms with van der Waals surface area (Å²) in [6.45, 7) is 4.03. The molecular formula is C15H19NO4. The van der Waals surface area contributed by atoms with Crippen LogP contribution < -0.4 is 0 Å². The lowest BCUT2D eigenvalue weighted by Crippen LogP contribution is -2.08. The number of carbonyl (C=O) groups excluding carboxylic acids is 2. The minimum absolute atomic E-state index is 0.173. The third kappa shape index (κ3) is 4.84. The van der Waals surface area contributed by atoms with Crippen LogP contribution in [0, 0.1) is 0 Å². The van der Waals surface area contributed by atoms with Crippen LogP contribution in [0.3, 0.4) is 0 Å². The lowest BCUT2D eigenvalue weighted by molar-refractivity contribution is -0.139. The van der Waals surface area contributed by atoms with E-state index in [0.29, 0.717) is 24.3 Å². The molecule has 108 valence electrons. The fraction of sp³-hybridized carbons (Fsp3) is 0.400. The highest BCUT2D eigenvalue weighted by Gasteiger charge is 2.07. The second-order valence-corrected chi connectivity index (χ2v) is 4.05. The minimum Gasteiger partial charge on any atom is -0.469 e. The number of aliphatic imine (C=N–C) groups is 1. The van der Waals surface area contributed by atoms with Gasteiger partial charge in [-0.2, -0.15) is 0 Å². The number of hydrogen-bond donors (Lipinski definition) is 0. The van der Waals surface area contributed by atoms with Crippen LogP contribution in [0.4, 0.5) is 5.69 Å². The molecule has 0 spiro atoms. The van der Waals surface area contributed by atoms with Gasteiger partial charge in [-0.15, -0.1) is 0 Å². The summed E-state index contributed by atoms with van der Waals surface area (Å²) in [5.41, 5.74) is 1.91. The molecule has 0 unspecified atom stereocenters. The van der Waals surface area contributed by atoms with Crippen LogP contribution in [0.25, 0.3) is 0 Å². The van der Waals surface area contributed by atoms with Gasteiger partial charge in [0, 0.05) is 5.71 Å². The van der Waals surface area contributed by atoms with Crippen LogP contribution in [-0.2, 0) is 14.3 Å². The third-order valence-corrected chi connectivity index (χ3v) is 2.65. The Morgan fingerprint density at radius 2 is 1.80 bits per heavy atom. The predicted molar refractivity (Wildman–Crippen MR) is 76.4 cm³/mol. The molecule has 20 heavy (non-hydrogen) atoms. The highest BCUT2D eigenvalue weighted by Crippen LogP contribution is 2.15. The molecule has 0 amide bonds. The van der Waals surface area contributed by atoms with Crippen molar-refractivity contribution in [1.82, 2.24) is 0 Å². The Bertz CT molecular complexity index is 491. The summed E-state index contributed by atoms with van der Waals surface area (Å²) < 4.78 is 9.52. The van der Waals surface area contributed by atoms with Crippen molar-refractivity contribution in [2.45, 2.75) is 26.7 Å². The molecular weight excluding hydrogens is 258 g/mol. The van der Waals surface area contributed by atoms with E-state index in [1.54, 1.807) is 31.2 Å². The number of hydrogen-bond acceptors (Lipinski definition) is 5. The quantitative estimate of drug-likeness (QED) is 0.592. The van der Waals surface area contributed by atoms with Crippen molar-refractivity contribution in [3.8, 4) is 0 Å². The maximum absolute atomic E-state index is 11.5. The zero-order chi connectivity index (χ0) is 15.0. The molecule has 1 aromatic carbocycles. The van der Waals surface area contributed by atoms with Gasteiger partial charge in [0.15, 0.2) is 0 Å². The van der Waals surface area contributed by atoms with Gasteiger partial charge < -0.3 is 9.47 Å². The number of esters is 2. The second kappa shape index (κ2) is 8.09. The van der Waals surface area contributed by atoms with Crippen molar-refractivity contribution in [1.29, 1.82) is 0 Å². The topological polar surface area (TPSA) is 65.0 Å². The monoisotopic (exact) mass is 277 g/mol. The Kier molecular flexibility index (Phi) is 6.43. The maximum Gasteiger partial charge on any atom is 0.338 e. The van der Waals surface area contributed by atoms with Crippen molar-refractivity contribution < 1.29 is 19.1 Å². The third-order valence-electron chi connectivity index (χ3n) is 2.65. The van der Waals surface area contributed by atoms with Gasteiger partial charge in [-0.1, -0.05) is 6.92 Å². The van der Waals surface area contributed by atoms with E-state index in [9.17, 15) is 9.59 Å². The van der Waals surface area contributed by atoms with E-state index in [1.807, 2.05) is 6.92 Å². The summed E-state index contributed by atoms with van der Waals surface area (Å²) in [5, 5.41) is 0. The van der Waals surface area contributed by atoms with Crippen LogP contribution in [-0.4, -0.2) is 31.4 Å². The molecule has 0 aliphatic heterocycles. The van der Waals surface area contributed by atoms with E-state index in [0.717, 1.165) is 5.71 Å². The summed E-state index contributed by atoms with van der Waals surface area (Å²) in [4.78, 5) is 27.1. The van der Waals surface area contributed by atoms with Gasteiger partial charge in [0.05, 0.1) is 31.4 Å². The maximum atomic E-state index is 11.5. The van der Waals surface area contributed by atoms with Gasteiger partial charge in [0.2, 0.25) is 0 Å².